The van der Waals surface area contributed by atoms with Crippen LogP contribution in [0.2, 0.25) is 0 Å². The van der Waals surface area contributed by atoms with E-state index in [-0.39, 0.29) is 0 Å². The molecule has 0 aliphatic carbocycles. The monoisotopic (exact) mass is 298 g/mol. The third-order valence-corrected chi connectivity index (χ3v) is 4.29. The maximum Gasteiger partial charge on any atom is 0.134 e. The van der Waals surface area contributed by atoms with Crippen LogP contribution in [0.25, 0.3) is 11.0 Å². The fourth-order valence-corrected chi connectivity index (χ4v) is 3.22. The highest BCUT2D eigenvalue weighted by Gasteiger charge is 2.36. The number of hydrogen-bond donors (Lipinski definition) is 1. The third kappa shape index (κ3) is 2.51. The molecular formula is C16H18N4O2. The minimum Gasteiger partial charge on any atom is -0.464 e. The third-order valence-electron chi connectivity index (χ3n) is 4.29. The summed E-state index contributed by atoms with van der Waals surface area (Å²) in [6, 6.07) is 8.05. The molecule has 3 heterocycles. The van der Waals surface area contributed by atoms with E-state index in [4.69, 9.17) is 4.42 Å². The first-order chi connectivity index (χ1) is 10.7. The molecule has 0 radical (unpaired) electrons. The van der Waals surface area contributed by atoms with Gasteiger partial charge in [0, 0.05) is 36.8 Å². The zero-order valence-corrected chi connectivity index (χ0v) is 12.2. The van der Waals surface area contributed by atoms with Gasteiger partial charge in [0.25, 0.3) is 0 Å². The van der Waals surface area contributed by atoms with E-state index in [2.05, 4.69) is 21.3 Å². The van der Waals surface area contributed by atoms with Crippen molar-refractivity contribution in [1.29, 1.82) is 0 Å². The van der Waals surface area contributed by atoms with Crippen molar-refractivity contribution in [2.75, 3.05) is 13.1 Å². The number of benzene rings is 1. The van der Waals surface area contributed by atoms with Gasteiger partial charge in [-0.2, -0.15) is 0 Å². The minimum absolute atomic E-state index is 0.482. The smallest absolute Gasteiger partial charge is 0.134 e. The molecule has 2 aromatic heterocycles. The molecule has 0 amide bonds. The number of nitrogens with zero attached hydrogens (tertiary/aromatic N) is 4. The van der Waals surface area contributed by atoms with Gasteiger partial charge < -0.3 is 9.52 Å². The number of aromatic nitrogens is 3. The van der Waals surface area contributed by atoms with E-state index in [9.17, 15) is 5.11 Å². The molecule has 6 nitrogen and oxygen atoms in total. The Morgan fingerprint density at radius 3 is 3.09 bits per heavy atom. The number of hydrogen-bond acceptors (Lipinski definition) is 5. The number of furan rings is 1. The second-order valence-electron chi connectivity index (χ2n) is 6.04. The quantitative estimate of drug-likeness (QED) is 0.793. The van der Waals surface area contributed by atoms with Crippen molar-refractivity contribution in [2.24, 2.45) is 0 Å². The van der Waals surface area contributed by atoms with Gasteiger partial charge in [-0.05, 0) is 12.5 Å². The highest BCUT2D eigenvalue weighted by atomic mass is 16.3. The normalized spacial score (nSPS) is 22.6. The van der Waals surface area contributed by atoms with Crippen molar-refractivity contribution in [2.45, 2.75) is 25.1 Å². The summed E-state index contributed by atoms with van der Waals surface area (Å²) in [6.07, 6.45) is 5.97. The topological polar surface area (TPSA) is 67.3 Å². The van der Waals surface area contributed by atoms with Gasteiger partial charge in [0.2, 0.25) is 0 Å². The van der Waals surface area contributed by atoms with E-state index >= 15 is 0 Å². The van der Waals surface area contributed by atoms with Gasteiger partial charge in [-0.25, -0.2) is 4.68 Å². The molecule has 1 atom stereocenters. The van der Waals surface area contributed by atoms with Crippen LogP contribution in [0.5, 0.6) is 0 Å². The number of likely N-dealkylation sites (tertiary alicyclic amines) is 1. The highest BCUT2D eigenvalue weighted by molar-refractivity contribution is 5.80. The molecule has 1 saturated heterocycles. The number of aliphatic hydroxyl groups is 1. The fourth-order valence-electron chi connectivity index (χ4n) is 3.22. The first-order valence-electron chi connectivity index (χ1n) is 7.46. The second kappa shape index (κ2) is 5.23. The van der Waals surface area contributed by atoms with Crippen LogP contribution in [0.1, 0.15) is 12.0 Å². The summed E-state index contributed by atoms with van der Waals surface area (Å²) >= 11 is 0. The van der Waals surface area contributed by atoms with E-state index in [1.165, 1.54) is 5.56 Å². The molecule has 1 N–H and O–H groups in total. The average Bonchev–Trinajstić information content (AvgIpc) is 3.22. The molecule has 3 aromatic rings. The van der Waals surface area contributed by atoms with Crippen molar-refractivity contribution >= 4 is 11.0 Å². The summed E-state index contributed by atoms with van der Waals surface area (Å²) in [5.74, 6) is 0. The van der Waals surface area contributed by atoms with E-state index in [0.717, 1.165) is 30.5 Å². The molecule has 4 rings (SSSR count). The van der Waals surface area contributed by atoms with Crippen LogP contribution in [0.4, 0.5) is 0 Å². The maximum absolute atomic E-state index is 10.7. The minimum atomic E-state index is -0.743. The lowest BCUT2D eigenvalue weighted by Crippen LogP contribution is -2.37. The molecule has 1 fully saturated rings. The summed E-state index contributed by atoms with van der Waals surface area (Å²) in [5, 5.41) is 19.6. The van der Waals surface area contributed by atoms with Crippen LogP contribution < -0.4 is 0 Å². The van der Waals surface area contributed by atoms with Gasteiger partial charge in [-0.15, -0.1) is 5.10 Å². The van der Waals surface area contributed by atoms with Gasteiger partial charge >= 0.3 is 0 Å². The van der Waals surface area contributed by atoms with Crippen LogP contribution in [0.15, 0.2) is 47.3 Å². The molecule has 1 aliphatic heterocycles. The Morgan fingerprint density at radius 2 is 2.23 bits per heavy atom. The maximum atomic E-state index is 10.7. The molecule has 22 heavy (non-hydrogen) atoms. The highest BCUT2D eigenvalue weighted by Crippen LogP contribution is 2.27. The molecule has 0 saturated carbocycles. The van der Waals surface area contributed by atoms with Gasteiger partial charge in [0.1, 0.15) is 5.58 Å². The standard InChI is InChI=1S/C16H18N4O2/c21-16(12-20-8-6-17-18-20)5-7-19(11-16)9-13-10-22-15-4-2-1-3-14(13)15/h1-4,6,8,10,21H,5,7,9,11-12H2. The van der Waals surface area contributed by atoms with Crippen LogP contribution in [-0.4, -0.2) is 43.7 Å². The summed E-state index contributed by atoms with van der Waals surface area (Å²) < 4.78 is 7.28. The number of para-hydroxylation sites is 1. The predicted octanol–water partition coefficient (Wildman–Crippen LogP) is 1.66. The summed E-state index contributed by atoms with van der Waals surface area (Å²) in [6.45, 7) is 2.77. The Balaban J connectivity index is 1.46. The van der Waals surface area contributed by atoms with Crippen molar-refractivity contribution in [3.8, 4) is 0 Å². The van der Waals surface area contributed by atoms with Crippen molar-refractivity contribution in [3.05, 3.63) is 48.5 Å². The number of β-amino-alcohol motifs (C(OH)–C–C–N with tert-alkyl or cyclic N) is 1. The first-order valence-corrected chi connectivity index (χ1v) is 7.46. The van der Waals surface area contributed by atoms with Crippen LogP contribution >= 0.6 is 0 Å². The Morgan fingerprint density at radius 1 is 1.32 bits per heavy atom. The molecule has 6 heteroatoms. The van der Waals surface area contributed by atoms with Crippen LogP contribution in [0.3, 0.4) is 0 Å². The number of rotatable bonds is 4. The van der Waals surface area contributed by atoms with Gasteiger partial charge in [0.15, 0.2) is 0 Å². The van der Waals surface area contributed by atoms with Crippen LogP contribution in [0, 0.1) is 0 Å². The zero-order valence-electron chi connectivity index (χ0n) is 12.2. The van der Waals surface area contributed by atoms with Crippen LogP contribution in [-0.2, 0) is 13.1 Å². The van der Waals surface area contributed by atoms with E-state index in [1.807, 2.05) is 24.5 Å². The average molecular weight is 298 g/mol. The van der Waals surface area contributed by atoms with Crippen molar-refractivity contribution in [1.82, 2.24) is 19.9 Å². The Bertz CT molecular complexity index is 767. The first kappa shape index (κ1) is 13.5. The van der Waals surface area contributed by atoms with E-state index in [1.54, 1.807) is 17.1 Å². The molecule has 1 aromatic carbocycles. The Kier molecular flexibility index (Phi) is 3.20. The SMILES string of the molecule is OC1(Cn2ccnn2)CCN(Cc2coc3ccccc23)C1. The summed E-state index contributed by atoms with van der Waals surface area (Å²) in [7, 11) is 0. The Labute approximate surface area is 127 Å². The van der Waals surface area contributed by atoms with E-state index < -0.39 is 5.60 Å². The van der Waals surface area contributed by atoms with Gasteiger partial charge in [-0.1, -0.05) is 23.4 Å². The molecule has 1 aliphatic rings. The fraction of sp³-hybridized carbons (Fsp3) is 0.375. The second-order valence-corrected chi connectivity index (χ2v) is 6.04. The lowest BCUT2D eigenvalue weighted by Gasteiger charge is -2.23. The number of fused-ring (bicyclic) bond motifs is 1. The van der Waals surface area contributed by atoms with Crippen molar-refractivity contribution < 1.29 is 9.52 Å². The summed E-state index contributed by atoms with van der Waals surface area (Å²) in [4.78, 5) is 2.26. The summed E-state index contributed by atoms with van der Waals surface area (Å²) in [5.41, 5.74) is 1.34. The lowest BCUT2D eigenvalue weighted by atomic mass is 10.0. The Hall–Kier alpha value is -2.18. The molecule has 0 spiro atoms. The largest absolute Gasteiger partial charge is 0.464 e. The molecule has 114 valence electrons. The molecule has 0 bridgehead atoms. The van der Waals surface area contributed by atoms with Gasteiger partial charge in [-0.3, -0.25) is 4.90 Å². The molecular weight excluding hydrogens is 280 g/mol. The zero-order chi connectivity index (χ0) is 15.0. The lowest BCUT2D eigenvalue weighted by molar-refractivity contribution is 0.0274. The predicted molar refractivity (Wildman–Crippen MR) is 81.1 cm³/mol. The van der Waals surface area contributed by atoms with Gasteiger partial charge in [0.05, 0.1) is 24.6 Å². The molecule has 1 unspecified atom stereocenters. The van der Waals surface area contributed by atoms with E-state index in [0.29, 0.717) is 13.1 Å². The van der Waals surface area contributed by atoms with Crippen molar-refractivity contribution in [3.63, 3.8) is 0 Å².